The van der Waals surface area contributed by atoms with Gasteiger partial charge in [0.15, 0.2) is 11.5 Å². The van der Waals surface area contributed by atoms with Crippen LogP contribution in [0.4, 0.5) is 5.82 Å². The fourth-order valence-electron chi connectivity index (χ4n) is 1.45. The highest BCUT2D eigenvalue weighted by molar-refractivity contribution is 7.11. The molecule has 0 aliphatic heterocycles. The van der Waals surface area contributed by atoms with E-state index in [4.69, 9.17) is 5.26 Å². The molecule has 0 spiro atoms. The molecule has 86 valence electrons. The van der Waals surface area contributed by atoms with E-state index in [-0.39, 0.29) is 0 Å². The molecule has 0 bridgehead atoms. The van der Waals surface area contributed by atoms with Crippen LogP contribution in [0.2, 0.25) is 0 Å². The number of anilines is 1. The summed E-state index contributed by atoms with van der Waals surface area (Å²) in [6.07, 6.45) is 3.06. The topological polar surface area (TPSA) is 74.5 Å². The van der Waals surface area contributed by atoms with Crippen LogP contribution in [0, 0.1) is 25.2 Å². The average molecular weight is 245 g/mol. The molecule has 2 aromatic heterocycles. The molecule has 1 N–H and O–H groups in total. The van der Waals surface area contributed by atoms with Crippen LogP contribution in [-0.4, -0.2) is 15.0 Å². The molecule has 0 fully saturated rings. The lowest BCUT2D eigenvalue weighted by Gasteiger charge is -2.04. The zero-order valence-electron chi connectivity index (χ0n) is 9.56. The van der Waals surface area contributed by atoms with Crippen LogP contribution >= 0.6 is 11.3 Å². The van der Waals surface area contributed by atoms with Crippen molar-refractivity contribution in [2.45, 2.75) is 20.4 Å². The summed E-state index contributed by atoms with van der Waals surface area (Å²) in [7, 11) is 0. The van der Waals surface area contributed by atoms with Gasteiger partial charge in [-0.2, -0.15) is 5.26 Å². The van der Waals surface area contributed by atoms with E-state index in [0.717, 1.165) is 10.7 Å². The van der Waals surface area contributed by atoms with Gasteiger partial charge < -0.3 is 5.32 Å². The number of nitriles is 1. The number of hydrogen-bond acceptors (Lipinski definition) is 6. The average Bonchev–Trinajstić information content (AvgIpc) is 2.65. The Hall–Kier alpha value is -2.00. The van der Waals surface area contributed by atoms with Gasteiger partial charge in [-0.15, -0.1) is 11.3 Å². The minimum absolute atomic E-state index is 0.303. The summed E-state index contributed by atoms with van der Waals surface area (Å²) in [5.41, 5.74) is 1.29. The van der Waals surface area contributed by atoms with Gasteiger partial charge in [0.1, 0.15) is 6.07 Å². The zero-order valence-corrected chi connectivity index (χ0v) is 10.4. The van der Waals surface area contributed by atoms with Crippen molar-refractivity contribution in [3.8, 4) is 6.07 Å². The molecule has 0 unspecified atom stereocenters. The Kier molecular flexibility index (Phi) is 3.30. The van der Waals surface area contributed by atoms with Gasteiger partial charge in [-0.25, -0.2) is 15.0 Å². The van der Waals surface area contributed by atoms with Crippen molar-refractivity contribution in [3.63, 3.8) is 0 Å². The monoisotopic (exact) mass is 245 g/mol. The van der Waals surface area contributed by atoms with Gasteiger partial charge in [0.2, 0.25) is 0 Å². The van der Waals surface area contributed by atoms with E-state index in [0.29, 0.717) is 18.1 Å². The van der Waals surface area contributed by atoms with Crippen molar-refractivity contribution in [1.29, 1.82) is 5.26 Å². The highest BCUT2D eigenvalue weighted by Gasteiger charge is 2.07. The standard InChI is InChI=1S/C11H11N5S/c1-7-10(16-8(2)17-7)6-15-11-9(5-12)13-3-4-14-11/h3-4H,6H2,1-2H3,(H,14,15). The maximum absolute atomic E-state index is 8.87. The minimum atomic E-state index is 0.303. The number of nitrogens with one attached hydrogen (secondary N) is 1. The second-order valence-corrected chi connectivity index (χ2v) is 4.86. The lowest BCUT2D eigenvalue weighted by Crippen LogP contribution is -2.05. The Balaban J connectivity index is 2.13. The fraction of sp³-hybridized carbons (Fsp3) is 0.273. The maximum atomic E-state index is 8.87. The minimum Gasteiger partial charge on any atom is -0.362 e. The fourth-order valence-corrected chi connectivity index (χ4v) is 2.29. The third-order valence-corrected chi connectivity index (χ3v) is 3.16. The number of thiazole rings is 1. The highest BCUT2D eigenvalue weighted by atomic mass is 32.1. The summed E-state index contributed by atoms with van der Waals surface area (Å²) >= 11 is 1.66. The molecule has 0 atom stereocenters. The number of hydrogen-bond donors (Lipinski definition) is 1. The van der Waals surface area contributed by atoms with Crippen LogP contribution in [0.3, 0.4) is 0 Å². The molecule has 5 nitrogen and oxygen atoms in total. The lowest BCUT2D eigenvalue weighted by molar-refractivity contribution is 1.01. The molecule has 2 rings (SSSR count). The Labute approximate surface area is 103 Å². The molecule has 2 heterocycles. The Morgan fingerprint density at radius 3 is 2.76 bits per heavy atom. The molecular weight excluding hydrogens is 234 g/mol. The summed E-state index contributed by atoms with van der Waals surface area (Å²) in [5, 5.41) is 13.0. The maximum Gasteiger partial charge on any atom is 0.182 e. The number of nitrogens with zero attached hydrogens (tertiary/aromatic N) is 4. The Morgan fingerprint density at radius 1 is 1.35 bits per heavy atom. The molecule has 0 saturated carbocycles. The SMILES string of the molecule is Cc1nc(CNc2nccnc2C#N)c(C)s1. The normalized spacial score (nSPS) is 9.94. The summed E-state index contributed by atoms with van der Waals surface area (Å²) in [6.45, 7) is 4.57. The predicted octanol–water partition coefficient (Wildman–Crippen LogP) is 2.03. The first-order valence-electron chi connectivity index (χ1n) is 5.08. The zero-order chi connectivity index (χ0) is 12.3. The second-order valence-electron chi connectivity index (χ2n) is 3.45. The lowest BCUT2D eigenvalue weighted by atomic mass is 10.3. The first-order valence-corrected chi connectivity index (χ1v) is 5.90. The molecule has 0 aliphatic carbocycles. The summed E-state index contributed by atoms with van der Waals surface area (Å²) in [6, 6.07) is 2.00. The van der Waals surface area contributed by atoms with Gasteiger partial charge in [-0.3, -0.25) is 0 Å². The van der Waals surface area contributed by atoms with Gasteiger partial charge in [-0.05, 0) is 13.8 Å². The molecular formula is C11H11N5S. The first-order chi connectivity index (χ1) is 8.20. The van der Waals surface area contributed by atoms with E-state index in [1.165, 1.54) is 11.1 Å². The van der Waals surface area contributed by atoms with Crippen LogP contribution in [0.25, 0.3) is 0 Å². The third-order valence-electron chi connectivity index (χ3n) is 2.23. The smallest absolute Gasteiger partial charge is 0.182 e. The third kappa shape index (κ3) is 2.57. The van der Waals surface area contributed by atoms with Gasteiger partial charge >= 0.3 is 0 Å². The first kappa shape index (κ1) is 11.5. The van der Waals surface area contributed by atoms with Crippen molar-refractivity contribution in [3.05, 3.63) is 33.7 Å². The van der Waals surface area contributed by atoms with Crippen molar-refractivity contribution in [2.24, 2.45) is 0 Å². The second kappa shape index (κ2) is 4.89. The van der Waals surface area contributed by atoms with E-state index >= 15 is 0 Å². The van der Waals surface area contributed by atoms with E-state index < -0.39 is 0 Å². The molecule has 0 aliphatic rings. The van der Waals surface area contributed by atoms with Crippen LogP contribution in [0.1, 0.15) is 21.3 Å². The van der Waals surface area contributed by atoms with Crippen LogP contribution < -0.4 is 5.32 Å². The van der Waals surface area contributed by atoms with Crippen LogP contribution in [-0.2, 0) is 6.54 Å². The quantitative estimate of drug-likeness (QED) is 0.895. The largest absolute Gasteiger partial charge is 0.362 e. The molecule has 6 heteroatoms. The molecule has 0 radical (unpaired) electrons. The van der Waals surface area contributed by atoms with E-state index in [2.05, 4.69) is 20.3 Å². The van der Waals surface area contributed by atoms with Crippen molar-refractivity contribution < 1.29 is 0 Å². The van der Waals surface area contributed by atoms with E-state index in [9.17, 15) is 0 Å². The molecule has 0 amide bonds. The van der Waals surface area contributed by atoms with Gasteiger partial charge in [-0.1, -0.05) is 0 Å². The number of aryl methyl sites for hydroxylation is 2. The van der Waals surface area contributed by atoms with E-state index in [1.807, 2.05) is 19.9 Å². The predicted molar refractivity (Wildman–Crippen MR) is 65.7 cm³/mol. The van der Waals surface area contributed by atoms with Crippen molar-refractivity contribution >= 4 is 17.2 Å². The van der Waals surface area contributed by atoms with Crippen molar-refractivity contribution in [1.82, 2.24) is 15.0 Å². The summed E-state index contributed by atoms with van der Waals surface area (Å²) in [5.74, 6) is 0.500. The molecule has 2 aromatic rings. The highest BCUT2D eigenvalue weighted by Crippen LogP contribution is 2.17. The van der Waals surface area contributed by atoms with Gasteiger partial charge in [0.25, 0.3) is 0 Å². The molecule has 17 heavy (non-hydrogen) atoms. The summed E-state index contributed by atoms with van der Waals surface area (Å²) in [4.78, 5) is 13.6. The molecule has 0 aromatic carbocycles. The Morgan fingerprint density at radius 2 is 2.12 bits per heavy atom. The number of rotatable bonds is 3. The van der Waals surface area contributed by atoms with E-state index in [1.54, 1.807) is 17.5 Å². The van der Waals surface area contributed by atoms with Crippen LogP contribution in [0.15, 0.2) is 12.4 Å². The Bertz CT molecular complexity index is 569. The van der Waals surface area contributed by atoms with Crippen molar-refractivity contribution in [2.75, 3.05) is 5.32 Å². The van der Waals surface area contributed by atoms with Gasteiger partial charge in [0, 0.05) is 17.3 Å². The molecule has 0 saturated heterocycles. The summed E-state index contributed by atoms with van der Waals surface area (Å²) < 4.78 is 0. The number of aromatic nitrogens is 3. The van der Waals surface area contributed by atoms with Gasteiger partial charge in [0.05, 0.1) is 17.2 Å². The van der Waals surface area contributed by atoms with Crippen LogP contribution in [0.5, 0.6) is 0 Å².